The molecule has 1 aromatic rings. The summed E-state index contributed by atoms with van der Waals surface area (Å²) in [6.45, 7) is 6.77. The van der Waals surface area contributed by atoms with Gasteiger partial charge in [0.1, 0.15) is 0 Å². The predicted molar refractivity (Wildman–Crippen MR) is 87.6 cm³/mol. The van der Waals surface area contributed by atoms with Gasteiger partial charge in [0.05, 0.1) is 0 Å². The molecule has 2 rings (SSSR count). The fourth-order valence-corrected chi connectivity index (χ4v) is 2.74. The van der Waals surface area contributed by atoms with Crippen LogP contribution in [0.15, 0.2) is 24.3 Å². The van der Waals surface area contributed by atoms with Gasteiger partial charge in [-0.05, 0) is 25.3 Å². The van der Waals surface area contributed by atoms with Crippen LogP contribution in [-0.2, 0) is 16.0 Å². The Morgan fingerprint density at radius 1 is 0.909 bits per heavy atom. The molecule has 0 N–H and O–H groups in total. The van der Waals surface area contributed by atoms with Gasteiger partial charge in [-0.25, -0.2) is 0 Å². The van der Waals surface area contributed by atoms with Gasteiger partial charge < -0.3 is 9.80 Å². The van der Waals surface area contributed by atoms with E-state index in [4.69, 9.17) is 0 Å². The Labute approximate surface area is 133 Å². The van der Waals surface area contributed by atoms with Crippen molar-refractivity contribution < 1.29 is 9.59 Å². The molecule has 1 aliphatic rings. The molecule has 0 unspecified atom stereocenters. The smallest absolute Gasteiger partial charge is 0.223 e. The average molecular weight is 302 g/mol. The minimum absolute atomic E-state index is 0.197. The molecule has 22 heavy (non-hydrogen) atoms. The number of aryl methyl sites for hydroxylation is 2. The maximum atomic E-state index is 12.3. The van der Waals surface area contributed by atoms with Gasteiger partial charge in [0, 0.05) is 39.0 Å². The zero-order chi connectivity index (χ0) is 15.9. The lowest BCUT2D eigenvalue weighted by molar-refractivity contribution is -0.139. The minimum atomic E-state index is 0.197. The van der Waals surface area contributed by atoms with Gasteiger partial charge in [0.2, 0.25) is 11.8 Å². The Morgan fingerprint density at radius 3 is 1.91 bits per heavy atom. The highest BCUT2D eigenvalue weighted by atomic mass is 16.2. The van der Waals surface area contributed by atoms with Crippen molar-refractivity contribution in [3.05, 3.63) is 35.4 Å². The van der Waals surface area contributed by atoms with E-state index in [1.54, 1.807) is 0 Å². The van der Waals surface area contributed by atoms with Crippen LogP contribution < -0.4 is 0 Å². The maximum absolute atomic E-state index is 12.3. The summed E-state index contributed by atoms with van der Waals surface area (Å²) in [6.07, 6.45) is 2.83. The summed E-state index contributed by atoms with van der Waals surface area (Å²) in [4.78, 5) is 27.9. The van der Waals surface area contributed by atoms with Gasteiger partial charge in [-0.1, -0.05) is 36.8 Å². The van der Waals surface area contributed by atoms with Crippen LogP contribution in [0.1, 0.15) is 37.3 Å². The summed E-state index contributed by atoms with van der Waals surface area (Å²) in [5, 5.41) is 0. The summed E-state index contributed by atoms with van der Waals surface area (Å²) in [7, 11) is 0. The summed E-state index contributed by atoms with van der Waals surface area (Å²) < 4.78 is 0. The SMILES string of the molecule is CCCC(=O)N1CCN(C(=O)CCc2ccc(C)cc2)CC1. The van der Waals surface area contributed by atoms with E-state index in [2.05, 4.69) is 31.2 Å². The van der Waals surface area contributed by atoms with E-state index in [1.807, 2.05) is 16.7 Å². The molecule has 1 saturated heterocycles. The Balaban J connectivity index is 1.75. The maximum Gasteiger partial charge on any atom is 0.223 e. The Bertz CT molecular complexity index is 502. The van der Waals surface area contributed by atoms with E-state index in [9.17, 15) is 9.59 Å². The lowest BCUT2D eigenvalue weighted by Crippen LogP contribution is -2.50. The Morgan fingerprint density at radius 2 is 1.41 bits per heavy atom. The van der Waals surface area contributed by atoms with E-state index in [0.717, 1.165) is 12.8 Å². The van der Waals surface area contributed by atoms with Crippen molar-refractivity contribution in [2.24, 2.45) is 0 Å². The number of piperazine rings is 1. The first kappa shape index (κ1) is 16.5. The van der Waals surface area contributed by atoms with Crippen molar-refractivity contribution in [1.82, 2.24) is 9.80 Å². The molecule has 1 fully saturated rings. The quantitative estimate of drug-likeness (QED) is 0.838. The third-order valence-electron chi connectivity index (χ3n) is 4.20. The highest BCUT2D eigenvalue weighted by molar-refractivity contribution is 5.78. The zero-order valence-electron chi connectivity index (χ0n) is 13.7. The van der Waals surface area contributed by atoms with Crippen LogP contribution in [0.3, 0.4) is 0 Å². The van der Waals surface area contributed by atoms with Gasteiger partial charge in [0.15, 0.2) is 0 Å². The summed E-state index contributed by atoms with van der Waals surface area (Å²) in [5.41, 5.74) is 2.44. The first-order chi connectivity index (χ1) is 10.6. The number of rotatable bonds is 5. The number of amides is 2. The fourth-order valence-electron chi connectivity index (χ4n) is 2.74. The normalized spacial score (nSPS) is 15.0. The molecule has 4 heteroatoms. The molecule has 4 nitrogen and oxygen atoms in total. The van der Waals surface area contributed by atoms with Crippen LogP contribution in [0.5, 0.6) is 0 Å². The Hall–Kier alpha value is -1.84. The molecule has 0 atom stereocenters. The van der Waals surface area contributed by atoms with Gasteiger partial charge >= 0.3 is 0 Å². The van der Waals surface area contributed by atoms with Crippen LogP contribution in [0.2, 0.25) is 0 Å². The molecule has 1 heterocycles. The van der Waals surface area contributed by atoms with Crippen molar-refractivity contribution >= 4 is 11.8 Å². The molecule has 0 spiro atoms. The van der Waals surface area contributed by atoms with Crippen LogP contribution in [0.4, 0.5) is 0 Å². The second kappa shape index (κ2) is 7.97. The summed E-state index contributed by atoms with van der Waals surface area (Å²) in [5.74, 6) is 0.414. The lowest BCUT2D eigenvalue weighted by atomic mass is 10.1. The third kappa shape index (κ3) is 4.58. The second-order valence-corrected chi connectivity index (χ2v) is 6.00. The second-order valence-electron chi connectivity index (χ2n) is 6.00. The standard InChI is InChI=1S/C18H26N2O2/c1-3-4-17(21)19-11-13-20(14-12-19)18(22)10-9-16-7-5-15(2)6-8-16/h5-8H,3-4,9-14H2,1-2H3. The predicted octanol–water partition coefficient (Wildman–Crippen LogP) is 2.40. The monoisotopic (exact) mass is 302 g/mol. The fraction of sp³-hybridized carbons (Fsp3) is 0.556. The van der Waals surface area contributed by atoms with E-state index in [1.165, 1.54) is 11.1 Å². The molecule has 1 aromatic carbocycles. The third-order valence-corrected chi connectivity index (χ3v) is 4.20. The van der Waals surface area contributed by atoms with Crippen molar-refractivity contribution in [1.29, 1.82) is 0 Å². The van der Waals surface area contributed by atoms with Gasteiger partial charge in [-0.3, -0.25) is 9.59 Å². The van der Waals surface area contributed by atoms with Crippen molar-refractivity contribution in [3.63, 3.8) is 0 Å². The van der Waals surface area contributed by atoms with Crippen molar-refractivity contribution in [3.8, 4) is 0 Å². The van der Waals surface area contributed by atoms with Crippen molar-refractivity contribution in [2.75, 3.05) is 26.2 Å². The van der Waals surface area contributed by atoms with Crippen molar-refractivity contribution in [2.45, 2.75) is 39.5 Å². The molecule has 0 saturated carbocycles. The number of carbonyl (C=O) groups excluding carboxylic acids is 2. The van der Waals surface area contributed by atoms with Crippen LogP contribution in [-0.4, -0.2) is 47.8 Å². The molecule has 0 aromatic heterocycles. The molecule has 2 amide bonds. The topological polar surface area (TPSA) is 40.6 Å². The number of hydrogen-bond donors (Lipinski definition) is 0. The summed E-state index contributed by atoms with van der Waals surface area (Å²) >= 11 is 0. The minimum Gasteiger partial charge on any atom is -0.339 e. The average Bonchev–Trinajstić information content (AvgIpc) is 2.54. The largest absolute Gasteiger partial charge is 0.339 e. The number of benzene rings is 1. The van der Waals surface area contributed by atoms with E-state index in [0.29, 0.717) is 39.0 Å². The van der Waals surface area contributed by atoms with Crippen LogP contribution in [0, 0.1) is 6.92 Å². The molecule has 0 bridgehead atoms. The van der Waals surface area contributed by atoms with Crippen LogP contribution in [0.25, 0.3) is 0 Å². The molecule has 1 aliphatic heterocycles. The number of carbonyl (C=O) groups is 2. The Kier molecular flexibility index (Phi) is 5.99. The lowest BCUT2D eigenvalue weighted by Gasteiger charge is -2.35. The molecular formula is C18H26N2O2. The number of nitrogens with zero attached hydrogens (tertiary/aromatic N) is 2. The number of hydrogen-bond acceptors (Lipinski definition) is 2. The first-order valence-electron chi connectivity index (χ1n) is 8.21. The summed E-state index contributed by atoms with van der Waals surface area (Å²) in [6, 6.07) is 8.34. The van der Waals surface area contributed by atoms with Gasteiger partial charge in [-0.2, -0.15) is 0 Å². The van der Waals surface area contributed by atoms with E-state index >= 15 is 0 Å². The van der Waals surface area contributed by atoms with E-state index in [-0.39, 0.29) is 11.8 Å². The van der Waals surface area contributed by atoms with Crippen LogP contribution >= 0.6 is 0 Å². The highest BCUT2D eigenvalue weighted by Gasteiger charge is 2.23. The highest BCUT2D eigenvalue weighted by Crippen LogP contribution is 2.10. The first-order valence-corrected chi connectivity index (χ1v) is 8.21. The van der Waals surface area contributed by atoms with Gasteiger partial charge in [-0.15, -0.1) is 0 Å². The molecular weight excluding hydrogens is 276 g/mol. The van der Waals surface area contributed by atoms with Gasteiger partial charge in [0.25, 0.3) is 0 Å². The molecule has 0 aliphatic carbocycles. The molecule has 0 radical (unpaired) electrons. The zero-order valence-corrected chi connectivity index (χ0v) is 13.7. The molecule has 120 valence electrons. The van der Waals surface area contributed by atoms with E-state index < -0.39 is 0 Å².